The van der Waals surface area contributed by atoms with Crippen LogP contribution in [-0.2, 0) is 17.8 Å². The van der Waals surface area contributed by atoms with Gasteiger partial charge in [0.05, 0.1) is 11.9 Å². The molecule has 4 nitrogen and oxygen atoms in total. The minimum Gasteiger partial charge on any atom is -0.598 e. The zero-order valence-corrected chi connectivity index (χ0v) is 13.5. The normalized spacial score (nSPS) is 13.6. The Morgan fingerprint density at radius 3 is 2.67 bits per heavy atom. The maximum atomic E-state index is 11.7. The summed E-state index contributed by atoms with van der Waals surface area (Å²) in [4.78, 5) is 8.39. The molecule has 0 bridgehead atoms. The number of nitrogens with zero attached hydrogens (tertiary/aromatic N) is 2. The van der Waals surface area contributed by atoms with Gasteiger partial charge in [0.1, 0.15) is 9.35 Å². The lowest BCUT2D eigenvalue weighted by molar-refractivity contribution is 0.540. The second-order valence-electron chi connectivity index (χ2n) is 5.07. The van der Waals surface area contributed by atoms with Crippen molar-refractivity contribution in [3.8, 4) is 0 Å². The SMILES string of the molecule is CC(C)(C)[S@@+]([O-])NCCCCc1cncc(Br)n1. The molecule has 1 atom stereocenters. The molecule has 0 amide bonds. The van der Waals surface area contributed by atoms with Crippen molar-refractivity contribution in [1.29, 1.82) is 0 Å². The second kappa shape index (κ2) is 7.43. The van der Waals surface area contributed by atoms with Crippen molar-refractivity contribution in [1.82, 2.24) is 14.7 Å². The van der Waals surface area contributed by atoms with E-state index in [2.05, 4.69) is 30.6 Å². The van der Waals surface area contributed by atoms with Crippen molar-refractivity contribution >= 4 is 27.3 Å². The van der Waals surface area contributed by atoms with Gasteiger partial charge in [0.15, 0.2) is 0 Å². The number of aryl methyl sites for hydroxylation is 1. The van der Waals surface area contributed by atoms with Gasteiger partial charge in [-0.25, -0.2) is 4.98 Å². The smallest absolute Gasteiger partial charge is 0.136 e. The molecule has 1 rings (SSSR count). The first kappa shape index (κ1) is 15.9. The van der Waals surface area contributed by atoms with Gasteiger partial charge in [0.25, 0.3) is 0 Å². The van der Waals surface area contributed by atoms with E-state index in [0.717, 1.165) is 36.1 Å². The summed E-state index contributed by atoms with van der Waals surface area (Å²) in [6, 6.07) is 0. The molecule has 1 aromatic rings. The predicted octanol–water partition coefficient (Wildman–Crippen LogP) is 2.61. The van der Waals surface area contributed by atoms with Gasteiger partial charge in [-0.3, -0.25) is 4.98 Å². The average molecular weight is 334 g/mol. The first-order chi connectivity index (χ1) is 8.39. The van der Waals surface area contributed by atoms with Gasteiger partial charge in [0, 0.05) is 24.1 Å². The van der Waals surface area contributed by atoms with E-state index in [9.17, 15) is 4.55 Å². The molecule has 0 aliphatic heterocycles. The predicted molar refractivity (Wildman–Crippen MR) is 78.6 cm³/mol. The van der Waals surface area contributed by atoms with E-state index in [1.54, 1.807) is 12.4 Å². The van der Waals surface area contributed by atoms with Gasteiger partial charge in [-0.05, 0) is 56.0 Å². The lowest BCUT2D eigenvalue weighted by atomic mass is 10.2. The third-order valence-electron chi connectivity index (χ3n) is 2.30. The van der Waals surface area contributed by atoms with E-state index in [4.69, 9.17) is 0 Å². The van der Waals surface area contributed by atoms with Crippen LogP contribution in [0.5, 0.6) is 0 Å². The summed E-state index contributed by atoms with van der Waals surface area (Å²) >= 11 is 2.33. The highest BCUT2D eigenvalue weighted by molar-refractivity contribution is 9.10. The van der Waals surface area contributed by atoms with Crippen molar-refractivity contribution in [2.75, 3.05) is 6.54 Å². The molecule has 0 saturated carbocycles. The minimum atomic E-state index is -0.974. The Morgan fingerprint density at radius 1 is 1.33 bits per heavy atom. The number of hydrogen-bond acceptors (Lipinski definition) is 4. The van der Waals surface area contributed by atoms with Crippen molar-refractivity contribution in [2.45, 2.75) is 44.8 Å². The summed E-state index contributed by atoms with van der Waals surface area (Å²) in [5.41, 5.74) is 0.987. The average Bonchev–Trinajstić information content (AvgIpc) is 2.27. The van der Waals surface area contributed by atoms with Gasteiger partial charge in [-0.15, -0.1) is 4.72 Å². The minimum absolute atomic E-state index is 0.199. The van der Waals surface area contributed by atoms with Crippen LogP contribution in [0.4, 0.5) is 0 Å². The number of hydrogen-bond donors (Lipinski definition) is 1. The number of halogens is 1. The molecule has 1 N–H and O–H groups in total. The van der Waals surface area contributed by atoms with Crippen LogP contribution < -0.4 is 4.72 Å². The molecule has 0 saturated heterocycles. The van der Waals surface area contributed by atoms with Gasteiger partial charge in [-0.2, -0.15) is 0 Å². The molecular formula is C12H20BrN3OS. The molecule has 0 aromatic carbocycles. The fourth-order valence-electron chi connectivity index (χ4n) is 1.31. The summed E-state index contributed by atoms with van der Waals surface area (Å²) in [7, 11) is 0. The quantitative estimate of drug-likeness (QED) is 0.642. The third-order valence-corrected chi connectivity index (χ3v) is 4.26. The molecule has 1 heterocycles. The highest BCUT2D eigenvalue weighted by Crippen LogP contribution is 2.13. The Bertz CT molecular complexity index is 371. The number of nitrogens with one attached hydrogen (secondary N) is 1. The monoisotopic (exact) mass is 333 g/mol. The van der Waals surface area contributed by atoms with E-state index >= 15 is 0 Å². The van der Waals surface area contributed by atoms with E-state index in [1.165, 1.54) is 0 Å². The molecule has 18 heavy (non-hydrogen) atoms. The van der Waals surface area contributed by atoms with Gasteiger partial charge < -0.3 is 4.55 Å². The fraction of sp³-hybridized carbons (Fsp3) is 0.667. The standard InChI is InChI=1S/C12H20BrN3OS/c1-12(2,3)18(17)15-7-5-4-6-10-8-14-9-11(13)16-10/h8-9,15H,4-7H2,1-3H3/t18-/m1/s1. The second-order valence-corrected chi connectivity index (χ2v) is 7.93. The molecule has 0 radical (unpaired) electrons. The highest BCUT2D eigenvalue weighted by atomic mass is 79.9. The summed E-state index contributed by atoms with van der Waals surface area (Å²) < 4.78 is 15.3. The Labute approximate surface area is 120 Å². The molecule has 0 fully saturated rings. The first-order valence-corrected chi connectivity index (χ1v) is 7.95. The van der Waals surface area contributed by atoms with E-state index < -0.39 is 11.4 Å². The molecule has 102 valence electrons. The van der Waals surface area contributed by atoms with Crippen LogP contribution in [0.15, 0.2) is 17.0 Å². The number of rotatable bonds is 6. The Kier molecular flexibility index (Phi) is 6.55. The summed E-state index contributed by atoms with van der Waals surface area (Å²) in [6.07, 6.45) is 6.36. The molecule has 0 unspecified atom stereocenters. The maximum absolute atomic E-state index is 11.7. The van der Waals surface area contributed by atoms with Crippen molar-refractivity contribution < 1.29 is 4.55 Å². The molecule has 6 heteroatoms. The Morgan fingerprint density at radius 2 is 2.06 bits per heavy atom. The van der Waals surface area contributed by atoms with Crippen molar-refractivity contribution in [3.63, 3.8) is 0 Å². The maximum Gasteiger partial charge on any atom is 0.136 e. The molecule has 0 aliphatic rings. The lowest BCUT2D eigenvalue weighted by Gasteiger charge is -2.23. The molecule has 0 spiro atoms. The van der Waals surface area contributed by atoms with Gasteiger partial charge >= 0.3 is 0 Å². The first-order valence-electron chi connectivity index (χ1n) is 6.01. The number of aromatic nitrogens is 2. The zero-order valence-electron chi connectivity index (χ0n) is 11.1. The highest BCUT2D eigenvalue weighted by Gasteiger charge is 2.25. The van der Waals surface area contributed by atoms with Crippen LogP contribution in [0.25, 0.3) is 0 Å². The van der Waals surface area contributed by atoms with Crippen molar-refractivity contribution in [2.24, 2.45) is 0 Å². The number of unbranched alkanes of at least 4 members (excludes halogenated alkanes) is 1. The summed E-state index contributed by atoms with van der Waals surface area (Å²) in [6.45, 7) is 6.67. The van der Waals surface area contributed by atoms with Gasteiger partial charge in [0.2, 0.25) is 0 Å². The largest absolute Gasteiger partial charge is 0.598 e. The summed E-state index contributed by atoms with van der Waals surface area (Å²) in [5, 5.41) is 0. The van der Waals surface area contributed by atoms with E-state index in [0.29, 0.717) is 0 Å². The fourth-order valence-corrected chi connectivity index (χ4v) is 2.42. The Hall–Kier alpha value is -0.170. The van der Waals surface area contributed by atoms with Gasteiger partial charge in [-0.1, -0.05) is 0 Å². The van der Waals surface area contributed by atoms with Crippen LogP contribution in [-0.4, -0.2) is 25.8 Å². The lowest BCUT2D eigenvalue weighted by Crippen LogP contribution is -2.39. The zero-order chi connectivity index (χ0) is 13.6. The van der Waals surface area contributed by atoms with E-state index in [-0.39, 0.29) is 4.75 Å². The molecule has 1 aromatic heterocycles. The van der Waals surface area contributed by atoms with Crippen molar-refractivity contribution in [3.05, 3.63) is 22.7 Å². The van der Waals surface area contributed by atoms with Crippen LogP contribution in [0.3, 0.4) is 0 Å². The topological polar surface area (TPSA) is 60.9 Å². The van der Waals surface area contributed by atoms with Crippen LogP contribution in [0, 0.1) is 0 Å². The molecular weight excluding hydrogens is 314 g/mol. The van der Waals surface area contributed by atoms with E-state index in [1.807, 2.05) is 20.8 Å². The van der Waals surface area contributed by atoms with Crippen LogP contribution in [0.2, 0.25) is 0 Å². The van der Waals surface area contributed by atoms with Crippen LogP contribution in [0.1, 0.15) is 39.3 Å². The Balaban J connectivity index is 2.16. The molecule has 0 aliphatic carbocycles. The summed E-state index contributed by atoms with van der Waals surface area (Å²) in [5.74, 6) is 0. The van der Waals surface area contributed by atoms with Crippen LogP contribution >= 0.6 is 15.9 Å². The third kappa shape index (κ3) is 6.13.